The van der Waals surface area contributed by atoms with Crippen molar-refractivity contribution in [1.82, 2.24) is 34.2 Å². The molecule has 2 aliphatic heterocycles. The summed E-state index contributed by atoms with van der Waals surface area (Å²) in [7, 11) is 1.44. The van der Waals surface area contributed by atoms with Gasteiger partial charge < -0.3 is 28.9 Å². The van der Waals surface area contributed by atoms with Crippen LogP contribution < -0.4 is 9.64 Å². The number of halogens is 3. The maximum Gasteiger partial charge on any atom is 0.435 e. The molecule has 1 N–H and O–H groups in total. The molecule has 2 atom stereocenters. The van der Waals surface area contributed by atoms with Gasteiger partial charge in [0.25, 0.3) is 0 Å². The number of unbranched alkanes of at least 4 members (excludes halogenated alkanes) is 1. The number of nitrogens with zero attached hydrogens (tertiary/aromatic N) is 8. The molecule has 0 aliphatic carbocycles. The first-order valence-electron chi connectivity index (χ1n) is 16.5. The Morgan fingerprint density at radius 3 is 2.57 bits per heavy atom. The maximum absolute atomic E-state index is 14.1. The van der Waals surface area contributed by atoms with Crippen LogP contribution in [0.1, 0.15) is 59.9 Å². The summed E-state index contributed by atoms with van der Waals surface area (Å²) in [4.78, 5) is 29.9. The second-order valence-electron chi connectivity index (χ2n) is 12.7. The molecule has 0 saturated carbocycles. The van der Waals surface area contributed by atoms with E-state index in [1.54, 1.807) is 29.4 Å². The molecular weight excluding hydrogens is 641 g/mol. The fraction of sp³-hybridized carbons (Fsp3) is 0.500. The molecule has 4 aromatic rings. The van der Waals surface area contributed by atoms with Gasteiger partial charge in [-0.15, -0.1) is 0 Å². The van der Waals surface area contributed by atoms with Gasteiger partial charge in [0.15, 0.2) is 5.69 Å². The fourth-order valence-corrected chi connectivity index (χ4v) is 6.37. The number of alkyl halides is 3. The van der Waals surface area contributed by atoms with Gasteiger partial charge in [-0.25, -0.2) is 19.7 Å². The molecular formula is C34H41F3N8O4. The summed E-state index contributed by atoms with van der Waals surface area (Å²) < 4.78 is 56.9. The van der Waals surface area contributed by atoms with Crippen LogP contribution in [0.15, 0.2) is 36.8 Å². The van der Waals surface area contributed by atoms with Crippen molar-refractivity contribution in [2.24, 2.45) is 13.0 Å². The molecule has 262 valence electrons. The summed E-state index contributed by atoms with van der Waals surface area (Å²) in [6, 6.07) is 5.33. The first-order chi connectivity index (χ1) is 23.4. The van der Waals surface area contributed by atoms with E-state index >= 15 is 0 Å². The summed E-state index contributed by atoms with van der Waals surface area (Å²) >= 11 is 0. The predicted octanol–water partition coefficient (Wildman–Crippen LogP) is 5.10. The lowest BCUT2D eigenvalue weighted by atomic mass is 9.86. The lowest BCUT2D eigenvalue weighted by molar-refractivity contribution is -0.141. The Balaban J connectivity index is 1.25. The maximum atomic E-state index is 14.1. The summed E-state index contributed by atoms with van der Waals surface area (Å²) in [5, 5.41) is 15.5. The molecule has 5 heterocycles. The number of benzene rings is 1. The zero-order valence-corrected chi connectivity index (χ0v) is 28.1. The van der Waals surface area contributed by atoms with Crippen LogP contribution in [0.3, 0.4) is 0 Å². The smallest absolute Gasteiger partial charge is 0.435 e. The zero-order chi connectivity index (χ0) is 34.9. The van der Waals surface area contributed by atoms with E-state index < -0.39 is 23.9 Å². The molecule has 1 aromatic carbocycles. The summed E-state index contributed by atoms with van der Waals surface area (Å²) in [5.74, 6) is 1.06. The van der Waals surface area contributed by atoms with Crippen molar-refractivity contribution >= 4 is 12.0 Å². The number of carbonyl (C=O) groups excluding carboxylic acids is 1. The van der Waals surface area contributed by atoms with Gasteiger partial charge >= 0.3 is 12.3 Å². The Labute approximate surface area is 282 Å². The third-order valence-corrected chi connectivity index (χ3v) is 8.96. The molecule has 1 amide bonds. The standard InChI is InChI=1S/C34H41F3N8O4/c1-5-6-13-48-33(47)44-11-9-43(10-12-44)32-39-21(2)14-25(40-32)17-24-20-49-30-26(28-19-42(4)41-31(28)34(35,36)37)15-23(16-27(30)29(24)46)18-45-8-7-38-22(45)3/h7-8,14-16,19,24,29,46H,5-6,9-13,17-18,20H2,1-4H3/t24-,29-/m0/s1. The normalized spacial score (nSPS) is 18.0. The van der Waals surface area contributed by atoms with Crippen LogP contribution in [0.2, 0.25) is 0 Å². The molecule has 0 spiro atoms. The minimum atomic E-state index is -4.69. The highest BCUT2D eigenvalue weighted by Crippen LogP contribution is 2.46. The van der Waals surface area contributed by atoms with Crippen molar-refractivity contribution in [2.75, 3.05) is 44.3 Å². The Hall–Kier alpha value is -4.66. The molecule has 15 heteroatoms. The Morgan fingerprint density at radius 2 is 1.88 bits per heavy atom. The van der Waals surface area contributed by atoms with E-state index in [1.165, 1.54) is 13.2 Å². The molecule has 12 nitrogen and oxygen atoms in total. The van der Waals surface area contributed by atoms with Gasteiger partial charge in [-0.05, 0) is 50.5 Å². The van der Waals surface area contributed by atoms with Crippen molar-refractivity contribution < 1.29 is 32.5 Å². The third kappa shape index (κ3) is 7.51. The SMILES string of the molecule is CCCCOC(=O)N1CCN(c2nc(C)cc(C[C@H]3COc4c(-c5cn(C)nc5C(F)(F)F)cc(Cn5ccnc5C)cc4[C@H]3O)n2)CC1. The molecule has 1 saturated heterocycles. The predicted molar refractivity (Wildman–Crippen MR) is 174 cm³/mol. The van der Waals surface area contributed by atoms with Gasteiger partial charge in [0, 0.05) is 92.4 Å². The number of amides is 1. The number of ether oxygens (including phenoxy) is 2. The Kier molecular flexibility index (Phi) is 9.82. The van der Waals surface area contributed by atoms with Crippen LogP contribution in [0.5, 0.6) is 5.75 Å². The lowest BCUT2D eigenvalue weighted by Gasteiger charge is -2.34. The number of aliphatic hydroxyl groups is 1. The van der Waals surface area contributed by atoms with Crippen molar-refractivity contribution in [3.63, 3.8) is 0 Å². The zero-order valence-electron chi connectivity index (χ0n) is 28.1. The number of aliphatic hydroxyl groups excluding tert-OH is 1. The van der Waals surface area contributed by atoms with E-state index in [0.29, 0.717) is 68.5 Å². The number of rotatable bonds is 9. The quantitative estimate of drug-likeness (QED) is 0.240. The van der Waals surface area contributed by atoms with Gasteiger partial charge in [0.1, 0.15) is 11.6 Å². The van der Waals surface area contributed by atoms with Crippen LogP contribution in [0.25, 0.3) is 11.1 Å². The van der Waals surface area contributed by atoms with Crippen LogP contribution in [-0.4, -0.2) is 84.8 Å². The highest BCUT2D eigenvalue weighted by molar-refractivity contribution is 5.75. The number of carbonyl (C=O) groups is 1. The van der Waals surface area contributed by atoms with E-state index in [4.69, 9.17) is 14.5 Å². The number of hydrogen-bond acceptors (Lipinski definition) is 9. The molecule has 1 fully saturated rings. The first-order valence-corrected chi connectivity index (χ1v) is 16.5. The average molecular weight is 683 g/mol. The van der Waals surface area contributed by atoms with Crippen LogP contribution in [0, 0.1) is 19.8 Å². The minimum Gasteiger partial charge on any atom is -0.492 e. The monoisotopic (exact) mass is 682 g/mol. The van der Waals surface area contributed by atoms with Crippen molar-refractivity contribution in [3.05, 3.63) is 70.8 Å². The van der Waals surface area contributed by atoms with Crippen LogP contribution >= 0.6 is 0 Å². The molecule has 49 heavy (non-hydrogen) atoms. The van der Waals surface area contributed by atoms with Gasteiger partial charge in [-0.1, -0.05) is 13.3 Å². The molecule has 6 rings (SSSR count). The lowest BCUT2D eigenvalue weighted by Crippen LogP contribution is -2.49. The molecule has 0 bridgehead atoms. The number of aryl methyl sites for hydroxylation is 3. The largest absolute Gasteiger partial charge is 0.492 e. The van der Waals surface area contributed by atoms with Crippen molar-refractivity contribution in [3.8, 4) is 16.9 Å². The molecule has 2 aliphatic rings. The number of piperazine rings is 1. The highest BCUT2D eigenvalue weighted by Gasteiger charge is 2.40. The minimum absolute atomic E-state index is 0.0694. The topological polar surface area (TPSA) is 124 Å². The second-order valence-corrected chi connectivity index (χ2v) is 12.7. The van der Waals surface area contributed by atoms with Gasteiger partial charge in [0.2, 0.25) is 5.95 Å². The third-order valence-electron chi connectivity index (χ3n) is 8.96. The second kappa shape index (κ2) is 14.1. The Bertz CT molecular complexity index is 1800. The van der Waals surface area contributed by atoms with Crippen molar-refractivity contribution in [1.29, 1.82) is 0 Å². The summed E-state index contributed by atoms with van der Waals surface area (Å²) in [5.41, 5.74) is 1.63. The van der Waals surface area contributed by atoms with E-state index in [0.717, 1.165) is 29.0 Å². The van der Waals surface area contributed by atoms with Crippen LogP contribution in [0.4, 0.5) is 23.9 Å². The van der Waals surface area contributed by atoms with E-state index in [-0.39, 0.29) is 29.6 Å². The van der Waals surface area contributed by atoms with Gasteiger partial charge in [-0.3, -0.25) is 4.68 Å². The van der Waals surface area contributed by atoms with Gasteiger partial charge in [0.05, 0.1) is 19.3 Å². The highest BCUT2D eigenvalue weighted by atomic mass is 19.4. The number of hydrogen-bond donors (Lipinski definition) is 1. The van der Waals surface area contributed by atoms with Crippen LogP contribution in [-0.2, 0) is 30.9 Å². The fourth-order valence-electron chi connectivity index (χ4n) is 6.37. The van der Waals surface area contributed by atoms with E-state index in [1.807, 2.05) is 36.3 Å². The summed E-state index contributed by atoms with van der Waals surface area (Å²) in [6.45, 7) is 8.64. The first kappa shape index (κ1) is 34.2. The Morgan fingerprint density at radius 1 is 1.10 bits per heavy atom. The number of fused-ring (bicyclic) bond motifs is 1. The number of anilines is 1. The van der Waals surface area contributed by atoms with Crippen molar-refractivity contribution in [2.45, 2.75) is 58.9 Å². The average Bonchev–Trinajstić information content (AvgIpc) is 3.66. The van der Waals surface area contributed by atoms with Gasteiger partial charge in [-0.2, -0.15) is 18.3 Å². The molecule has 0 unspecified atom stereocenters. The number of imidazole rings is 1. The number of aromatic nitrogens is 6. The van der Waals surface area contributed by atoms with E-state index in [2.05, 4.69) is 15.1 Å². The van der Waals surface area contributed by atoms with E-state index in [9.17, 15) is 23.1 Å². The summed E-state index contributed by atoms with van der Waals surface area (Å²) in [6.07, 6.45) is 0.864. The molecule has 0 radical (unpaired) electrons. The molecule has 3 aromatic heterocycles.